The Bertz CT molecular complexity index is 236. The van der Waals surface area contributed by atoms with Gasteiger partial charge in [0.2, 0.25) is 0 Å². The highest BCUT2D eigenvalue weighted by Crippen LogP contribution is 2.18. The highest BCUT2D eigenvalue weighted by atomic mass is 32.2. The van der Waals surface area contributed by atoms with Crippen molar-refractivity contribution in [2.24, 2.45) is 10.3 Å². The Labute approximate surface area is 88.9 Å². The van der Waals surface area contributed by atoms with Gasteiger partial charge in [0.25, 0.3) is 0 Å². The summed E-state index contributed by atoms with van der Waals surface area (Å²) >= 11 is 1.47. The summed E-state index contributed by atoms with van der Waals surface area (Å²) in [5.41, 5.74) is 0.962. The number of nitrogens with zero attached hydrogens (tertiary/aromatic N) is 2. The molecule has 1 aliphatic rings. The lowest BCUT2D eigenvalue weighted by Crippen LogP contribution is -2.27. The summed E-state index contributed by atoms with van der Waals surface area (Å²) in [4.78, 5) is 2.76. The summed E-state index contributed by atoms with van der Waals surface area (Å²) < 4.78 is 0. The molecule has 14 heavy (non-hydrogen) atoms. The van der Waals surface area contributed by atoms with Crippen LogP contribution in [0.5, 0.6) is 0 Å². The van der Waals surface area contributed by atoms with E-state index in [1.165, 1.54) is 11.9 Å². The first-order valence-corrected chi connectivity index (χ1v) is 5.58. The Morgan fingerprint density at radius 3 is 2.93 bits per heavy atom. The van der Waals surface area contributed by atoms with E-state index in [0.717, 1.165) is 23.8 Å². The second-order valence-electron chi connectivity index (χ2n) is 3.24. The van der Waals surface area contributed by atoms with Crippen molar-refractivity contribution in [3.8, 4) is 0 Å². The Morgan fingerprint density at radius 2 is 2.29 bits per heavy atom. The van der Waals surface area contributed by atoms with Gasteiger partial charge < -0.3 is 10.6 Å². The van der Waals surface area contributed by atoms with E-state index >= 15 is 0 Å². The minimum absolute atomic E-state index is 0.459. The van der Waals surface area contributed by atoms with E-state index in [4.69, 9.17) is 0 Å². The summed E-state index contributed by atoms with van der Waals surface area (Å²) in [6.45, 7) is 7.92. The fraction of sp³-hybridized carbons (Fsp3) is 0.750. The maximum absolute atomic E-state index is 4.05. The largest absolute Gasteiger partial charge is 0.377 e. The van der Waals surface area contributed by atoms with Crippen molar-refractivity contribution in [1.29, 1.82) is 0 Å². The molecular weight excluding hydrogens is 198 g/mol. The van der Waals surface area contributed by atoms with Crippen LogP contribution in [0.15, 0.2) is 21.1 Å². The van der Waals surface area contributed by atoms with E-state index < -0.39 is 0 Å². The van der Waals surface area contributed by atoms with Gasteiger partial charge in [-0.25, -0.2) is 4.83 Å². The summed E-state index contributed by atoms with van der Waals surface area (Å²) in [5, 5.41) is 15.4. The molecule has 80 valence electrons. The van der Waals surface area contributed by atoms with Crippen LogP contribution in [-0.2, 0) is 0 Å². The third kappa shape index (κ3) is 3.55. The molecule has 3 N–H and O–H groups in total. The van der Waals surface area contributed by atoms with Gasteiger partial charge in [-0.15, -0.1) is 5.11 Å². The smallest absolute Gasteiger partial charge is 0.116 e. The van der Waals surface area contributed by atoms with Crippen LogP contribution >= 0.6 is 11.9 Å². The van der Waals surface area contributed by atoms with Crippen LogP contribution in [0, 0.1) is 0 Å². The zero-order valence-corrected chi connectivity index (χ0v) is 9.61. The molecule has 0 unspecified atom stereocenters. The molecule has 0 aliphatic carbocycles. The lowest BCUT2D eigenvalue weighted by Gasteiger charge is -2.16. The molecule has 0 bridgehead atoms. The Hall–Kier alpha value is -0.750. The average molecular weight is 215 g/mol. The zero-order valence-electron chi connectivity index (χ0n) is 8.79. The summed E-state index contributed by atoms with van der Waals surface area (Å²) in [6.07, 6.45) is 0. The van der Waals surface area contributed by atoms with Crippen LogP contribution < -0.4 is 15.5 Å². The van der Waals surface area contributed by atoms with Crippen molar-refractivity contribution in [3.05, 3.63) is 10.7 Å². The van der Waals surface area contributed by atoms with Crippen LogP contribution in [-0.4, -0.2) is 19.1 Å². The molecule has 0 radical (unpaired) electrons. The van der Waals surface area contributed by atoms with Gasteiger partial charge in [0.15, 0.2) is 0 Å². The first-order chi connectivity index (χ1) is 6.74. The fourth-order valence-corrected chi connectivity index (χ4v) is 1.59. The molecule has 1 aliphatic heterocycles. The van der Waals surface area contributed by atoms with Gasteiger partial charge in [-0.1, -0.05) is 19.1 Å². The molecule has 0 amide bonds. The Kier molecular flexibility index (Phi) is 4.75. The van der Waals surface area contributed by atoms with E-state index in [2.05, 4.69) is 46.6 Å². The third-order valence-corrected chi connectivity index (χ3v) is 2.39. The van der Waals surface area contributed by atoms with Crippen LogP contribution in [0.4, 0.5) is 0 Å². The predicted octanol–water partition coefficient (Wildman–Crippen LogP) is 1.38. The van der Waals surface area contributed by atoms with Gasteiger partial charge in [-0.2, -0.15) is 0 Å². The molecule has 1 heterocycles. The standard InChI is InChI=1S/C8H17N5S/c1-4-9-8-7(5-10-6(2)3)11-12-13-14-8/h6,9-10H,4-5H2,1-3H3,(H,11,13). The maximum atomic E-state index is 4.05. The van der Waals surface area contributed by atoms with Crippen LogP contribution in [0.2, 0.25) is 0 Å². The van der Waals surface area contributed by atoms with Crippen molar-refractivity contribution >= 4 is 11.9 Å². The van der Waals surface area contributed by atoms with Gasteiger partial charge in [-0.05, 0) is 6.92 Å². The van der Waals surface area contributed by atoms with E-state index in [1.807, 2.05) is 0 Å². The van der Waals surface area contributed by atoms with E-state index in [0.29, 0.717) is 6.04 Å². The van der Waals surface area contributed by atoms with Gasteiger partial charge in [0.05, 0.1) is 0 Å². The molecular formula is C8H17N5S. The van der Waals surface area contributed by atoms with E-state index in [-0.39, 0.29) is 0 Å². The second kappa shape index (κ2) is 5.87. The fourth-order valence-electron chi connectivity index (χ4n) is 0.966. The topological polar surface area (TPSA) is 60.8 Å². The molecule has 0 aromatic carbocycles. The van der Waals surface area contributed by atoms with Gasteiger partial charge in [0, 0.05) is 31.1 Å². The van der Waals surface area contributed by atoms with Crippen molar-refractivity contribution < 1.29 is 0 Å². The molecule has 0 aromatic rings. The maximum Gasteiger partial charge on any atom is 0.116 e. The van der Waals surface area contributed by atoms with Gasteiger partial charge in [-0.3, -0.25) is 0 Å². The SMILES string of the molecule is CCNC1=C(CNC(C)C)N=NNS1. The molecule has 0 spiro atoms. The molecule has 0 saturated carbocycles. The molecule has 0 atom stereocenters. The van der Waals surface area contributed by atoms with E-state index in [9.17, 15) is 0 Å². The van der Waals surface area contributed by atoms with Crippen molar-refractivity contribution in [2.75, 3.05) is 13.1 Å². The summed E-state index contributed by atoms with van der Waals surface area (Å²) in [7, 11) is 0. The normalized spacial score (nSPS) is 16.0. The number of rotatable bonds is 5. The minimum atomic E-state index is 0.459. The lowest BCUT2D eigenvalue weighted by atomic mass is 10.3. The first-order valence-electron chi connectivity index (χ1n) is 4.77. The molecule has 0 fully saturated rings. The molecule has 6 heteroatoms. The van der Waals surface area contributed by atoms with Crippen LogP contribution in [0.25, 0.3) is 0 Å². The lowest BCUT2D eigenvalue weighted by molar-refractivity contribution is 0.610. The van der Waals surface area contributed by atoms with E-state index in [1.54, 1.807) is 0 Å². The quantitative estimate of drug-likeness (QED) is 0.606. The molecule has 0 saturated heterocycles. The van der Waals surface area contributed by atoms with Crippen molar-refractivity contribution in [3.63, 3.8) is 0 Å². The Morgan fingerprint density at radius 1 is 1.50 bits per heavy atom. The monoisotopic (exact) mass is 215 g/mol. The minimum Gasteiger partial charge on any atom is -0.377 e. The molecule has 1 rings (SSSR count). The highest BCUT2D eigenvalue weighted by molar-refractivity contribution is 8.01. The van der Waals surface area contributed by atoms with Gasteiger partial charge >= 0.3 is 0 Å². The summed E-state index contributed by atoms with van der Waals surface area (Å²) in [5.74, 6) is 0. The van der Waals surface area contributed by atoms with Gasteiger partial charge in [0.1, 0.15) is 10.7 Å². The number of hydrogen-bond acceptors (Lipinski definition) is 6. The second-order valence-corrected chi connectivity index (χ2v) is 4.03. The third-order valence-electron chi connectivity index (χ3n) is 1.64. The predicted molar refractivity (Wildman–Crippen MR) is 59.4 cm³/mol. The highest BCUT2D eigenvalue weighted by Gasteiger charge is 2.10. The van der Waals surface area contributed by atoms with Crippen LogP contribution in [0.3, 0.4) is 0 Å². The first kappa shape index (κ1) is 11.3. The molecule has 5 nitrogen and oxygen atoms in total. The van der Waals surface area contributed by atoms with Crippen LogP contribution in [0.1, 0.15) is 20.8 Å². The zero-order chi connectivity index (χ0) is 10.4. The average Bonchev–Trinajstić information content (AvgIpc) is 2.17. The summed E-state index contributed by atoms with van der Waals surface area (Å²) in [6, 6.07) is 0.459. The van der Waals surface area contributed by atoms with Crippen molar-refractivity contribution in [2.45, 2.75) is 26.8 Å². The number of hydrogen-bond donors (Lipinski definition) is 3. The Balaban J connectivity index is 2.54. The van der Waals surface area contributed by atoms with Crippen molar-refractivity contribution in [1.82, 2.24) is 15.5 Å². The number of nitrogens with one attached hydrogen (secondary N) is 3. The molecule has 0 aromatic heterocycles.